The van der Waals surface area contributed by atoms with E-state index in [9.17, 15) is 0 Å². The summed E-state index contributed by atoms with van der Waals surface area (Å²) in [5.74, 6) is 0.747. The zero-order valence-corrected chi connectivity index (χ0v) is 18.2. The quantitative estimate of drug-likeness (QED) is 0.426. The zero-order chi connectivity index (χ0) is 20.5. The molecule has 2 heteroatoms. The molecule has 5 rings (SSSR count). The molecule has 1 aliphatic heterocycles. The maximum Gasteiger partial charge on any atom is 0.0779 e. The van der Waals surface area contributed by atoms with Crippen LogP contribution < -0.4 is 0 Å². The Morgan fingerprint density at radius 1 is 0.767 bits per heavy atom. The van der Waals surface area contributed by atoms with Gasteiger partial charge in [0, 0.05) is 21.6 Å². The van der Waals surface area contributed by atoms with E-state index in [1.807, 2.05) is 11.8 Å². The lowest BCUT2D eigenvalue weighted by molar-refractivity contribution is 0.858. The predicted molar refractivity (Wildman–Crippen MR) is 129 cm³/mol. The van der Waals surface area contributed by atoms with Crippen molar-refractivity contribution in [1.82, 2.24) is 0 Å². The maximum atomic E-state index is 5.08. The minimum Gasteiger partial charge on any atom is -0.247 e. The summed E-state index contributed by atoms with van der Waals surface area (Å²) >= 11 is 1.89. The maximum absolute atomic E-state index is 5.08. The highest BCUT2D eigenvalue weighted by Crippen LogP contribution is 2.47. The number of nitrogens with zero attached hydrogens (tertiary/aromatic N) is 1. The van der Waals surface area contributed by atoms with Gasteiger partial charge in [0.1, 0.15) is 0 Å². The van der Waals surface area contributed by atoms with Crippen LogP contribution in [0.2, 0.25) is 0 Å². The summed E-state index contributed by atoms with van der Waals surface area (Å²) in [6.07, 6.45) is 5.45. The summed E-state index contributed by atoms with van der Waals surface area (Å²) in [7, 11) is 0. The van der Waals surface area contributed by atoms with E-state index in [1.54, 1.807) is 0 Å². The fourth-order valence-electron chi connectivity index (χ4n) is 4.30. The van der Waals surface area contributed by atoms with Gasteiger partial charge in [-0.1, -0.05) is 98.4 Å². The van der Waals surface area contributed by atoms with Crippen LogP contribution in [0.4, 0.5) is 5.69 Å². The summed E-state index contributed by atoms with van der Waals surface area (Å²) in [5.41, 5.74) is 7.70. The fourth-order valence-corrected chi connectivity index (χ4v) is 5.48. The first kappa shape index (κ1) is 19.1. The summed E-state index contributed by atoms with van der Waals surface area (Å²) in [5, 5.41) is 0. The third-order valence-corrected chi connectivity index (χ3v) is 7.44. The lowest BCUT2D eigenvalue weighted by Crippen LogP contribution is -2.12. The van der Waals surface area contributed by atoms with Crippen molar-refractivity contribution >= 4 is 23.2 Å². The molecule has 2 atom stereocenters. The van der Waals surface area contributed by atoms with Crippen molar-refractivity contribution in [2.45, 2.75) is 37.0 Å². The molecule has 3 aromatic rings. The van der Waals surface area contributed by atoms with E-state index in [2.05, 4.69) is 105 Å². The van der Waals surface area contributed by atoms with Gasteiger partial charge < -0.3 is 0 Å². The highest BCUT2D eigenvalue weighted by molar-refractivity contribution is 8.04. The van der Waals surface area contributed by atoms with Crippen LogP contribution in [0.5, 0.6) is 0 Å². The van der Waals surface area contributed by atoms with Crippen LogP contribution in [0, 0.1) is 0 Å². The second-order valence-electron chi connectivity index (χ2n) is 8.05. The smallest absolute Gasteiger partial charge is 0.0779 e. The third kappa shape index (κ3) is 3.57. The highest BCUT2D eigenvalue weighted by atomic mass is 32.2. The molecular weight excluding hydrogens is 382 g/mol. The molecule has 2 unspecified atom stereocenters. The molecule has 0 radical (unpaired) electrons. The van der Waals surface area contributed by atoms with Gasteiger partial charge in [0.15, 0.2) is 0 Å². The monoisotopic (exact) mass is 407 g/mol. The van der Waals surface area contributed by atoms with Crippen molar-refractivity contribution in [3.8, 4) is 0 Å². The topological polar surface area (TPSA) is 12.4 Å². The number of hydrogen-bond acceptors (Lipinski definition) is 2. The van der Waals surface area contributed by atoms with Crippen molar-refractivity contribution < 1.29 is 0 Å². The largest absolute Gasteiger partial charge is 0.247 e. The number of rotatable bonds is 4. The molecule has 0 aromatic heterocycles. The molecular formula is C28H25NS. The van der Waals surface area contributed by atoms with Gasteiger partial charge in [-0.05, 0) is 46.9 Å². The molecule has 0 saturated heterocycles. The van der Waals surface area contributed by atoms with Crippen LogP contribution in [0.3, 0.4) is 0 Å². The van der Waals surface area contributed by atoms with E-state index >= 15 is 0 Å². The predicted octanol–water partition coefficient (Wildman–Crippen LogP) is 8.03. The average Bonchev–Trinajstić information content (AvgIpc) is 2.82. The van der Waals surface area contributed by atoms with Crippen LogP contribution in [-0.2, 0) is 0 Å². The first-order chi connectivity index (χ1) is 14.7. The number of allylic oxidation sites excluding steroid dienone is 4. The van der Waals surface area contributed by atoms with E-state index in [1.165, 1.54) is 32.1 Å². The molecule has 148 valence electrons. The van der Waals surface area contributed by atoms with Crippen LogP contribution in [0.1, 0.15) is 48.8 Å². The molecule has 30 heavy (non-hydrogen) atoms. The van der Waals surface area contributed by atoms with Gasteiger partial charge in [0.2, 0.25) is 0 Å². The van der Waals surface area contributed by atoms with Gasteiger partial charge in [-0.25, -0.2) is 4.99 Å². The van der Waals surface area contributed by atoms with E-state index in [0.29, 0.717) is 11.8 Å². The minimum atomic E-state index is 0.356. The Hall–Kier alpha value is -2.84. The van der Waals surface area contributed by atoms with E-state index in [4.69, 9.17) is 4.99 Å². The summed E-state index contributed by atoms with van der Waals surface area (Å²) in [6.45, 7) is 4.58. The van der Waals surface area contributed by atoms with Crippen molar-refractivity contribution in [1.29, 1.82) is 0 Å². The average molecular weight is 408 g/mol. The Balaban J connectivity index is 1.50. The van der Waals surface area contributed by atoms with Crippen LogP contribution in [0.25, 0.3) is 0 Å². The van der Waals surface area contributed by atoms with Crippen molar-refractivity contribution in [3.63, 3.8) is 0 Å². The minimum absolute atomic E-state index is 0.356. The molecule has 0 N–H and O–H groups in total. The van der Waals surface area contributed by atoms with Gasteiger partial charge in [0.25, 0.3) is 0 Å². The molecule has 1 heterocycles. The number of fused-ring (bicyclic) bond motifs is 2. The van der Waals surface area contributed by atoms with E-state index in [-0.39, 0.29) is 0 Å². The number of benzene rings is 3. The van der Waals surface area contributed by atoms with Gasteiger partial charge in [-0.15, -0.1) is 0 Å². The molecule has 0 saturated carbocycles. The van der Waals surface area contributed by atoms with Crippen molar-refractivity contribution in [3.05, 3.63) is 118 Å². The number of hydrogen-bond donors (Lipinski definition) is 0. The van der Waals surface area contributed by atoms with Crippen LogP contribution >= 0.6 is 11.8 Å². The Morgan fingerprint density at radius 2 is 1.43 bits per heavy atom. The SMILES string of the molecule is CC(C1=C2Sc3ccc(C(C)c4ccccc4)cc3N=C2C=CC1)c1ccccc1. The van der Waals surface area contributed by atoms with Crippen LogP contribution in [0.15, 0.2) is 111 Å². The molecule has 0 bridgehead atoms. The fraction of sp³-hybridized carbons (Fsp3) is 0.179. The highest BCUT2D eigenvalue weighted by Gasteiger charge is 2.26. The van der Waals surface area contributed by atoms with Crippen molar-refractivity contribution in [2.75, 3.05) is 0 Å². The van der Waals surface area contributed by atoms with E-state index < -0.39 is 0 Å². The Labute approximate surface area is 183 Å². The van der Waals surface area contributed by atoms with Crippen molar-refractivity contribution in [2.24, 2.45) is 4.99 Å². The first-order valence-electron chi connectivity index (χ1n) is 10.6. The summed E-state index contributed by atoms with van der Waals surface area (Å²) in [4.78, 5) is 7.68. The lowest BCUT2D eigenvalue weighted by atomic mass is 9.87. The van der Waals surface area contributed by atoms with Crippen LogP contribution in [-0.4, -0.2) is 5.71 Å². The lowest BCUT2D eigenvalue weighted by Gasteiger charge is -2.27. The Bertz CT molecular complexity index is 1160. The molecule has 0 fully saturated rings. The first-order valence-corrected chi connectivity index (χ1v) is 11.4. The molecule has 0 amide bonds. The second-order valence-corrected chi connectivity index (χ2v) is 9.10. The molecule has 1 aliphatic carbocycles. The molecule has 2 aliphatic rings. The number of thioether (sulfide) groups is 1. The van der Waals surface area contributed by atoms with E-state index in [0.717, 1.165) is 17.8 Å². The van der Waals surface area contributed by atoms with Gasteiger partial charge in [-0.2, -0.15) is 0 Å². The second kappa shape index (κ2) is 8.12. The number of aliphatic imine (C=N–C) groups is 1. The third-order valence-electron chi connectivity index (χ3n) is 6.20. The Morgan fingerprint density at radius 3 is 2.13 bits per heavy atom. The Kier molecular flexibility index (Phi) is 5.18. The van der Waals surface area contributed by atoms with Gasteiger partial charge >= 0.3 is 0 Å². The molecule has 0 spiro atoms. The molecule has 1 nitrogen and oxygen atoms in total. The summed E-state index contributed by atoms with van der Waals surface area (Å²) < 4.78 is 0. The molecule has 3 aromatic carbocycles. The zero-order valence-electron chi connectivity index (χ0n) is 17.4. The normalized spacial score (nSPS) is 17.1. The standard InChI is InChI=1S/C28H25NS/c1-19(21-10-5-3-6-11-21)23-16-17-27-26(18-23)29-25-15-9-14-24(28(25)30-27)20(2)22-12-7-4-8-13-22/h3-13,15-20H,14H2,1-2H3. The van der Waals surface area contributed by atoms with Gasteiger partial charge in [0.05, 0.1) is 11.4 Å². The van der Waals surface area contributed by atoms with Gasteiger partial charge in [-0.3, -0.25) is 0 Å². The summed E-state index contributed by atoms with van der Waals surface area (Å²) in [6, 6.07) is 28.3.